The van der Waals surface area contributed by atoms with Gasteiger partial charge in [0, 0.05) is 6.54 Å². The first kappa shape index (κ1) is 38.7. The molecule has 0 aliphatic rings. The molecule has 0 aromatic heterocycles. The zero-order valence-electron chi connectivity index (χ0n) is 26.0. The maximum Gasteiger partial charge on any atom is 0.407 e. The van der Waals surface area contributed by atoms with Gasteiger partial charge < -0.3 is 52.7 Å². The van der Waals surface area contributed by atoms with Gasteiger partial charge in [-0.05, 0) is 32.9 Å². The van der Waals surface area contributed by atoms with Gasteiger partial charge in [-0.1, -0.05) is 18.2 Å². The molecule has 1 aromatic carbocycles. The van der Waals surface area contributed by atoms with E-state index >= 15 is 0 Å². The van der Waals surface area contributed by atoms with E-state index in [0.29, 0.717) is 118 Å². The van der Waals surface area contributed by atoms with Crippen LogP contribution in [0.2, 0.25) is 0 Å². The van der Waals surface area contributed by atoms with E-state index in [1.165, 1.54) is 0 Å². The minimum absolute atomic E-state index is 0.198. The first-order valence-electron chi connectivity index (χ1n) is 14.7. The molecule has 0 atom stereocenters. The summed E-state index contributed by atoms with van der Waals surface area (Å²) in [5.41, 5.74) is 0.00877. The van der Waals surface area contributed by atoms with E-state index in [1.807, 2.05) is 26.8 Å². The van der Waals surface area contributed by atoms with Crippen LogP contribution in [-0.4, -0.2) is 137 Å². The quantitative estimate of drug-likeness (QED) is 0.109. The Balaban J connectivity index is 1.67. The van der Waals surface area contributed by atoms with Crippen molar-refractivity contribution in [3.05, 3.63) is 35.9 Å². The lowest BCUT2D eigenvalue weighted by molar-refractivity contribution is -0.0243. The summed E-state index contributed by atoms with van der Waals surface area (Å²) in [5, 5.41) is 2.62. The maximum absolute atomic E-state index is 11.8. The molecule has 0 aliphatic carbocycles. The van der Waals surface area contributed by atoms with Gasteiger partial charge in [0.1, 0.15) is 12.2 Å². The third kappa shape index (κ3) is 27.0. The molecule has 0 bridgehead atoms. The van der Waals surface area contributed by atoms with E-state index in [2.05, 4.69) is 5.32 Å². The zero-order valence-corrected chi connectivity index (χ0v) is 26.0. The fourth-order valence-electron chi connectivity index (χ4n) is 3.03. The first-order chi connectivity index (χ1) is 20.9. The Bertz CT molecular complexity index is 791. The predicted octanol–water partition coefficient (Wildman–Crippen LogP) is 2.50. The normalized spacial score (nSPS) is 11.4. The highest BCUT2D eigenvalue weighted by Gasteiger charge is 2.15. The average molecular weight is 618 g/mol. The summed E-state index contributed by atoms with van der Waals surface area (Å²) in [6, 6.07) is 8.83. The van der Waals surface area contributed by atoms with Crippen LogP contribution in [0.4, 0.5) is 4.79 Å². The molecule has 13 heteroatoms. The van der Waals surface area contributed by atoms with Gasteiger partial charge >= 0.3 is 12.1 Å². The number of nitrogens with one attached hydrogen (secondary N) is 1. The molecule has 0 saturated heterocycles. The molecule has 13 nitrogen and oxygen atoms in total. The summed E-state index contributed by atoms with van der Waals surface area (Å²) in [4.78, 5) is 23.2. The van der Waals surface area contributed by atoms with Crippen LogP contribution in [0.3, 0.4) is 0 Å². The van der Waals surface area contributed by atoms with Crippen molar-refractivity contribution in [2.24, 2.45) is 0 Å². The highest BCUT2D eigenvalue weighted by molar-refractivity contribution is 5.89. The van der Waals surface area contributed by atoms with E-state index in [9.17, 15) is 9.59 Å². The number of carbonyl (C=O) groups excluding carboxylic acids is 2. The number of esters is 1. The zero-order chi connectivity index (χ0) is 31.3. The topological polar surface area (TPSA) is 138 Å². The summed E-state index contributed by atoms with van der Waals surface area (Å²) < 4.78 is 53.7. The maximum atomic E-state index is 11.8. The Kier molecular flexibility index (Phi) is 24.5. The Hall–Kier alpha value is -2.36. The fourth-order valence-corrected chi connectivity index (χ4v) is 3.03. The van der Waals surface area contributed by atoms with Crippen molar-refractivity contribution in [3.8, 4) is 0 Å². The van der Waals surface area contributed by atoms with Crippen molar-refractivity contribution < 1.29 is 57.0 Å². The lowest BCUT2D eigenvalue weighted by Crippen LogP contribution is -2.34. The number of amides is 1. The highest BCUT2D eigenvalue weighted by Crippen LogP contribution is 2.06. The number of rotatable bonds is 28. The van der Waals surface area contributed by atoms with Gasteiger partial charge in [-0.2, -0.15) is 0 Å². The molecule has 0 saturated carbocycles. The van der Waals surface area contributed by atoms with Crippen molar-refractivity contribution in [2.75, 3.05) is 119 Å². The van der Waals surface area contributed by atoms with Gasteiger partial charge in [-0.15, -0.1) is 0 Å². The second kappa shape index (κ2) is 27.2. The predicted molar refractivity (Wildman–Crippen MR) is 158 cm³/mol. The minimum atomic E-state index is -0.513. The van der Waals surface area contributed by atoms with Gasteiger partial charge in [0.25, 0.3) is 0 Å². The van der Waals surface area contributed by atoms with E-state index in [4.69, 9.17) is 47.4 Å². The molecule has 0 radical (unpaired) electrons. The second-order valence-corrected chi connectivity index (χ2v) is 9.83. The molecule has 0 spiro atoms. The summed E-state index contributed by atoms with van der Waals surface area (Å²) in [6.07, 6.45) is -0.455. The SMILES string of the molecule is CC(C)(C)OC(=O)NCCOCCOCCOCCOCCOCCOCCOCCOCCOC(=O)c1ccccc1. The molecule has 1 amide bonds. The van der Waals surface area contributed by atoms with Gasteiger partial charge in [0.05, 0.1) is 111 Å². The molecular formula is C30H51NO12. The van der Waals surface area contributed by atoms with Crippen molar-refractivity contribution in [1.29, 1.82) is 0 Å². The van der Waals surface area contributed by atoms with E-state index in [1.54, 1.807) is 24.3 Å². The summed E-state index contributed by atoms with van der Waals surface area (Å²) in [6.45, 7) is 13.2. The number of carbonyl (C=O) groups is 2. The van der Waals surface area contributed by atoms with Crippen LogP contribution < -0.4 is 5.32 Å². The third-order valence-electron chi connectivity index (χ3n) is 4.99. The van der Waals surface area contributed by atoms with Crippen LogP contribution in [0.1, 0.15) is 31.1 Å². The van der Waals surface area contributed by atoms with Crippen LogP contribution in [-0.2, 0) is 47.4 Å². The minimum Gasteiger partial charge on any atom is -0.460 e. The summed E-state index contributed by atoms with van der Waals surface area (Å²) in [5.74, 6) is -0.360. The second-order valence-electron chi connectivity index (χ2n) is 9.83. The Morgan fingerprint density at radius 3 is 1.26 bits per heavy atom. The molecule has 0 fully saturated rings. The van der Waals surface area contributed by atoms with E-state index in [-0.39, 0.29) is 12.6 Å². The first-order valence-corrected chi connectivity index (χ1v) is 14.7. The molecule has 0 heterocycles. The highest BCUT2D eigenvalue weighted by atomic mass is 16.6. The van der Waals surface area contributed by atoms with Gasteiger partial charge in [0.2, 0.25) is 0 Å². The monoisotopic (exact) mass is 617 g/mol. The number of hydrogen-bond donors (Lipinski definition) is 1. The van der Waals surface area contributed by atoms with Crippen molar-refractivity contribution in [3.63, 3.8) is 0 Å². The average Bonchev–Trinajstić information content (AvgIpc) is 2.98. The lowest BCUT2D eigenvalue weighted by Gasteiger charge is -2.19. The van der Waals surface area contributed by atoms with Crippen LogP contribution in [0.25, 0.3) is 0 Å². The van der Waals surface area contributed by atoms with Gasteiger partial charge in [-0.3, -0.25) is 0 Å². The number of benzene rings is 1. The number of alkyl carbamates (subject to hydrolysis) is 1. The Labute approximate surface area is 255 Å². The third-order valence-corrected chi connectivity index (χ3v) is 4.99. The van der Waals surface area contributed by atoms with Crippen molar-refractivity contribution in [1.82, 2.24) is 5.32 Å². The Morgan fingerprint density at radius 2 is 0.884 bits per heavy atom. The van der Waals surface area contributed by atoms with Crippen molar-refractivity contribution in [2.45, 2.75) is 26.4 Å². The molecule has 0 unspecified atom stereocenters. The fraction of sp³-hybridized carbons (Fsp3) is 0.733. The smallest absolute Gasteiger partial charge is 0.407 e. The van der Waals surface area contributed by atoms with Crippen LogP contribution in [0, 0.1) is 0 Å². The van der Waals surface area contributed by atoms with Crippen molar-refractivity contribution >= 4 is 12.1 Å². The van der Waals surface area contributed by atoms with Crippen LogP contribution >= 0.6 is 0 Å². The van der Waals surface area contributed by atoms with E-state index in [0.717, 1.165) is 0 Å². The van der Waals surface area contributed by atoms with Gasteiger partial charge in [0.15, 0.2) is 0 Å². The standard InChI is InChI=1S/C30H51NO12/c1-30(2,3)43-29(33)31-9-10-34-11-12-35-13-14-36-15-16-37-17-18-38-19-20-39-21-22-40-23-24-41-25-26-42-28(32)27-7-5-4-6-8-27/h4-8H,9-26H2,1-3H3,(H,31,33). The Morgan fingerprint density at radius 1 is 0.535 bits per heavy atom. The lowest BCUT2D eigenvalue weighted by atomic mass is 10.2. The number of ether oxygens (including phenoxy) is 10. The molecule has 1 N–H and O–H groups in total. The molecule has 1 rings (SSSR count). The molecule has 0 aliphatic heterocycles. The number of hydrogen-bond acceptors (Lipinski definition) is 12. The molecular weight excluding hydrogens is 566 g/mol. The summed E-state index contributed by atoms with van der Waals surface area (Å²) >= 11 is 0. The van der Waals surface area contributed by atoms with Gasteiger partial charge in [-0.25, -0.2) is 9.59 Å². The van der Waals surface area contributed by atoms with Crippen LogP contribution in [0.5, 0.6) is 0 Å². The van der Waals surface area contributed by atoms with Crippen LogP contribution in [0.15, 0.2) is 30.3 Å². The summed E-state index contributed by atoms with van der Waals surface area (Å²) in [7, 11) is 0. The largest absolute Gasteiger partial charge is 0.460 e. The molecule has 43 heavy (non-hydrogen) atoms. The molecule has 248 valence electrons. The van der Waals surface area contributed by atoms with E-state index < -0.39 is 11.7 Å². The molecule has 1 aromatic rings.